The van der Waals surface area contributed by atoms with Crippen molar-refractivity contribution in [3.8, 4) is 0 Å². The molecule has 1 aliphatic carbocycles. The molecule has 1 aromatic carbocycles. The first-order valence-electron chi connectivity index (χ1n) is 8.82. The van der Waals surface area contributed by atoms with Crippen LogP contribution in [0.4, 0.5) is 0 Å². The van der Waals surface area contributed by atoms with Crippen LogP contribution < -0.4 is 5.32 Å². The molecular weight excluding hydrogens is 256 g/mol. The van der Waals surface area contributed by atoms with E-state index in [0.29, 0.717) is 12.1 Å². The molecule has 1 N–H and O–H groups in total. The van der Waals surface area contributed by atoms with E-state index in [2.05, 4.69) is 54.4 Å². The van der Waals surface area contributed by atoms with Gasteiger partial charge in [-0.25, -0.2) is 0 Å². The average Bonchev–Trinajstić information content (AvgIpc) is 2.55. The molecule has 116 valence electrons. The number of nitrogens with one attached hydrogen (secondary N) is 1. The van der Waals surface area contributed by atoms with E-state index in [0.717, 1.165) is 18.5 Å². The summed E-state index contributed by atoms with van der Waals surface area (Å²) in [6.45, 7) is 6.98. The molecule has 0 aromatic heterocycles. The monoisotopic (exact) mass is 286 g/mol. The molecular formula is C19H30N2. The van der Waals surface area contributed by atoms with Gasteiger partial charge in [-0.1, -0.05) is 56.5 Å². The van der Waals surface area contributed by atoms with E-state index in [4.69, 9.17) is 0 Å². The van der Waals surface area contributed by atoms with Crippen LogP contribution in [-0.2, 0) is 0 Å². The summed E-state index contributed by atoms with van der Waals surface area (Å²) in [6, 6.07) is 13.1. The highest BCUT2D eigenvalue weighted by Crippen LogP contribution is 2.35. The van der Waals surface area contributed by atoms with Gasteiger partial charge in [0.15, 0.2) is 0 Å². The summed E-state index contributed by atoms with van der Waals surface area (Å²) in [5, 5.41) is 3.68. The zero-order chi connectivity index (χ0) is 14.7. The Hall–Kier alpha value is -0.860. The maximum atomic E-state index is 3.68. The molecule has 0 amide bonds. The van der Waals surface area contributed by atoms with Crippen LogP contribution in [0.15, 0.2) is 30.3 Å². The molecule has 3 rings (SSSR count). The minimum Gasteiger partial charge on any atom is -0.311 e. The fourth-order valence-corrected chi connectivity index (χ4v) is 4.26. The standard InChI is InChI=1S/C19H30N2/c1-3-16-8-7-11-18(12-16)21-14-15(2)20-13-19(21)17-9-5-4-6-10-17/h4-6,9-10,15-16,18-20H,3,7-8,11-14H2,1-2H3. The molecule has 1 saturated carbocycles. The number of hydrogen-bond acceptors (Lipinski definition) is 2. The van der Waals surface area contributed by atoms with Gasteiger partial charge < -0.3 is 5.32 Å². The number of rotatable bonds is 3. The summed E-state index contributed by atoms with van der Waals surface area (Å²) >= 11 is 0. The zero-order valence-corrected chi connectivity index (χ0v) is 13.6. The van der Waals surface area contributed by atoms with Crippen LogP contribution in [0.3, 0.4) is 0 Å². The van der Waals surface area contributed by atoms with Crippen molar-refractivity contribution in [2.45, 2.75) is 64.1 Å². The lowest BCUT2D eigenvalue weighted by atomic mass is 9.82. The summed E-state index contributed by atoms with van der Waals surface area (Å²) in [7, 11) is 0. The van der Waals surface area contributed by atoms with Crippen molar-refractivity contribution in [1.29, 1.82) is 0 Å². The van der Waals surface area contributed by atoms with Crippen LogP contribution in [0.25, 0.3) is 0 Å². The van der Waals surface area contributed by atoms with E-state index in [-0.39, 0.29) is 0 Å². The molecule has 4 atom stereocenters. The fraction of sp³-hybridized carbons (Fsp3) is 0.684. The molecule has 2 aliphatic rings. The lowest BCUT2D eigenvalue weighted by Gasteiger charge is -2.46. The van der Waals surface area contributed by atoms with E-state index in [9.17, 15) is 0 Å². The van der Waals surface area contributed by atoms with E-state index in [1.807, 2.05) is 0 Å². The predicted molar refractivity (Wildman–Crippen MR) is 89.4 cm³/mol. The van der Waals surface area contributed by atoms with Crippen molar-refractivity contribution in [2.24, 2.45) is 5.92 Å². The largest absolute Gasteiger partial charge is 0.311 e. The van der Waals surface area contributed by atoms with Crippen molar-refractivity contribution in [3.63, 3.8) is 0 Å². The third kappa shape index (κ3) is 3.49. The summed E-state index contributed by atoms with van der Waals surface area (Å²) in [5.41, 5.74) is 1.48. The van der Waals surface area contributed by atoms with E-state index in [1.165, 1.54) is 44.2 Å². The van der Waals surface area contributed by atoms with Crippen LogP contribution in [0.2, 0.25) is 0 Å². The minimum absolute atomic E-state index is 0.558. The van der Waals surface area contributed by atoms with Crippen molar-refractivity contribution in [2.75, 3.05) is 13.1 Å². The van der Waals surface area contributed by atoms with Crippen LogP contribution in [0.5, 0.6) is 0 Å². The zero-order valence-electron chi connectivity index (χ0n) is 13.6. The summed E-state index contributed by atoms with van der Waals surface area (Å²) in [5.74, 6) is 0.949. The molecule has 4 unspecified atom stereocenters. The smallest absolute Gasteiger partial charge is 0.0476 e. The van der Waals surface area contributed by atoms with Gasteiger partial charge in [-0.15, -0.1) is 0 Å². The Balaban J connectivity index is 1.78. The summed E-state index contributed by atoms with van der Waals surface area (Å²) in [6.07, 6.45) is 7.03. The van der Waals surface area contributed by atoms with Gasteiger partial charge in [0.05, 0.1) is 0 Å². The third-order valence-electron chi connectivity index (χ3n) is 5.53. The quantitative estimate of drug-likeness (QED) is 0.904. The molecule has 2 heteroatoms. The molecule has 1 aliphatic heterocycles. The Bertz CT molecular complexity index is 430. The fourth-order valence-electron chi connectivity index (χ4n) is 4.26. The molecule has 1 heterocycles. The highest BCUT2D eigenvalue weighted by Gasteiger charge is 2.34. The van der Waals surface area contributed by atoms with Gasteiger partial charge in [-0.2, -0.15) is 0 Å². The van der Waals surface area contributed by atoms with Crippen molar-refractivity contribution in [3.05, 3.63) is 35.9 Å². The number of benzene rings is 1. The van der Waals surface area contributed by atoms with Gasteiger partial charge in [0.1, 0.15) is 0 Å². The van der Waals surface area contributed by atoms with Gasteiger partial charge in [-0.05, 0) is 31.2 Å². The van der Waals surface area contributed by atoms with E-state index in [1.54, 1.807) is 0 Å². The maximum absolute atomic E-state index is 3.68. The second-order valence-electron chi connectivity index (χ2n) is 7.03. The van der Waals surface area contributed by atoms with Crippen LogP contribution >= 0.6 is 0 Å². The Morgan fingerprint density at radius 1 is 1.19 bits per heavy atom. The third-order valence-corrected chi connectivity index (χ3v) is 5.53. The molecule has 1 saturated heterocycles. The second kappa shape index (κ2) is 6.93. The second-order valence-corrected chi connectivity index (χ2v) is 7.03. The Morgan fingerprint density at radius 2 is 2.00 bits per heavy atom. The van der Waals surface area contributed by atoms with E-state index >= 15 is 0 Å². The number of hydrogen-bond donors (Lipinski definition) is 1. The number of piperazine rings is 1. The normalized spacial score (nSPS) is 34.8. The summed E-state index contributed by atoms with van der Waals surface area (Å²) in [4.78, 5) is 2.82. The maximum Gasteiger partial charge on any atom is 0.0476 e. The first-order chi connectivity index (χ1) is 10.3. The molecule has 0 radical (unpaired) electrons. The highest BCUT2D eigenvalue weighted by atomic mass is 15.3. The Kier molecular flexibility index (Phi) is 4.97. The minimum atomic E-state index is 0.558. The lowest BCUT2D eigenvalue weighted by molar-refractivity contribution is 0.0506. The molecule has 0 spiro atoms. The van der Waals surface area contributed by atoms with Crippen molar-refractivity contribution >= 4 is 0 Å². The molecule has 21 heavy (non-hydrogen) atoms. The molecule has 0 bridgehead atoms. The Labute approximate surface area is 129 Å². The first kappa shape index (κ1) is 15.1. The van der Waals surface area contributed by atoms with Gasteiger partial charge in [0.25, 0.3) is 0 Å². The van der Waals surface area contributed by atoms with Gasteiger partial charge >= 0.3 is 0 Å². The van der Waals surface area contributed by atoms with Crippen molar-refractivity contribution in [1.82, 2.24) is 10.2 Å². The lowest BCUT2D eigenvalue weighted by Crippen LogP contribution is -2.55. The highest BCUT2D eigenvalue weighted by molar-refractivity contribution is 5.20. The van der Waals surface area contributed by atoms with Gasteiger partial charge in [0, 0.05) is 31.2 Å². The van der Waals surface area contributed by atoms with E-state index < -0.39 is 0 Å². The van der Waals surface area contributed by atoms with Crippen molar-refractivity contribution < 1.29 is 0 Å². The number of nitrogens with zero attached hydrogens (tertiary/aromatic N) is 1. The molecule has 2 fully saturated rings. The van der Waals surface area contributed by atoms with Crippen LogP contribution in [0.1, 0.15) is 57.6 Å². The van der Waals surface area contributed by atoms with Gasteiger partial charge in [0.2, 0.25) is 0 Å². The molecule has 1 aromatic rings. The SMILES string of the molecule is CCC1CCCC(N2CC(C)NCC2c2ccccc2)C1. The van der Waals surface area contributed by atoms with Gasteiger partial charge in [-0.3, -0.25) is 4.90 Å². The topological polar surface area (TPSA) is 15.3 Å². The average molecular weight is 286 g/mol. The molecule has 2 nitrogen and oxygen atoms in total. The van der Waals surface area contributed by atoms with Crippen LogP contribution in [0, 0.1) is 5.92 Å². The summed E-state index contributed by atoms with van der Waals surface area (Å²) < 4.78 is 0. The predicted octanol–water partition coefficient (Wildman–Crippen LogP) is 3.99. The van der Waals surface area contributed by atoms with Crippen LogP contribution in [-0.4, -0.2) is 30.1 Å². The first-order valence-corrected chi connectivity index (χ1v) is 8.82. The Morgan fingerprint density at radius 3 is 2.76 bits per heavy atom.